The molecule has 0 fully saturated rings. The summed E-state index contributed by atoms with van der Waals surface area (Å²) in [7, 11) is 0. The summed E-state index contributed by atoms with van der Waals surface area (Å²) < 4.78 is 11.2. The van der Waals surface area contributed by atoms with Gasteiger partial charge in [-0.05, 0) is 103 Å². The van der Waals surface area contributed by atoms with Crippen LogP contribution in [0.5, 0.6) is 0 Å². The van der Waals surface area contributed by atoms with Gasteiger partial charge in [-0.25, -0.2) is 10.5 Å². The fraction of sp³-hybridized carbons (Fsp3) is 0.833. The number of hydrogen-bond acceptors (Lipinski definition) is 16. The molecule has 10 N–H and O–H groups in total. The summed E-state index contributed by atoms with van der Waals surface area (Å²) in [5.41, 5.74) is 11.1. The van der Waals surface area contributed by atoms with Crippen molar-refractivity contribution in [3.8, 4) is 0 Å². The van der Waals surface area contributed by atoms with Gasteiger partial charge in [-0.1, -0.05) is 112 Å². The summed E-state index contributed by atoms with van der Waals surface area (Å²) in [6.45, 7) is 5.00. The van der Waals surface area contributed by atoms with Crippen LogP contribution in [0.4, 0.5) is 0 Å². The Labute approximate surface area is 395 Å². The number of aliphatic hydroxyl groups excluding tert-OH is 2. The van der Waals surface area contributed by atoms with Gasteiger partial charge in [0.15, 0.2) is 0 Å². The average Bonchev–Trinajstić information content (AvgIpc) is 3.28. The van der Waals surface area contributed by atoms with Crippen LogP contribution in [0.1, 0.15) is 206 Å². The molecule has 6 unspecified atom stereocenters. The first-order valence-electron chi connectivity index (χ1n) is 25.0. The third-order valence-electron chi connectivity index (χ3n) is 11.1. The Kier molecular flexibility index (Phi) is 43.6. The molecule has 0 saturated heterocycles. The van der Waals surface area contributed by atoms with Crippen LogP contribution in [-0.2, 0) is 48.5 Å². The minimum Gasteiger partial charge on any atom is -0.460 e. The van der Waals surface area contributed by atoms with E-state index in [1.54, 1.807) is 0 Å². The summed E-state index contributed by atoms with van der Waals surface area (Å²) in [5.74, 6) is -0.829. The number of allylic oxidation sites excluding steroid dienone is 2. The summed E-state index contributed by atoms with van der Waals surface area (Å²) in [6, 6.07) is 0. The highest BCUT2D eigenvalue weighted by Gasteiger charge is 2.24. The van der Waals surface area contributed by atoms with Gasteiger partial charge in [0.2, 0.25) is 11.8 Å². The maximum Gasteiger partial charge on any atom is 0.306 e. The topological polar surface area (TPSA) is 281 Å². The number of aliphatic hydroxyl groups is 2. The number of carbonyl (C=O) groups excluding carboxylic acids is 4. The standard InChI is InChI=1S/C48H90N4O14/c1-3-5-19-29-41(61-47(57)35-25-31-43(49)63-65-59)39(53)27-21-15-11-7-9-13-17-23-33-45(55)51-37-38-52-46(56)34-24-18-14-10-8-12-16-22-28-40(54)42(30-20-6-4-2)62-48(58)36-26-32-44(50)64-66-60/h15-16,21-22,39-44,53-54,59-60H,3-14,17-20,23-38,49-50H2,1-2H3,(H,51,55)(H,52,56). The van der Waals surface area contributed by atoms with Crippen molar-refractivity contribution in [2.24, 2.45) is 11.5 Å². The smallest absolute Gasteiger partial charge is 0.306 e. The molecular formula is C48H90N4O14. The summed E-state index contributed by atoms with van der Waals surface area (Å²) >= 11 is 0. The van der Waals surface area contributed by atoms with Gasteiger partial charge in [0.05, 0.1) is 12.2 Å². The molecule has 0 aromatic rings. The molecule has 0 heterocycles. The number of esters is 2. The number of nitrogens with one attached hydrogen (secondary N) is 2. The molecule has 66 heavy (non-hydrogen) atoms. The molecule has 0 saturated carbocycles. The third kappa shape index (κ3) is 40.1. The molecule has 0 aliphatic rings. The van der Waals surface area contributed by atoms with Crippen molar-refractivity contribution in [2.75, 3.05) is 13.1 Å². The second kappa shape index (κ2) is 45.7. The average molecular weight is 947 g/mol. The molecule has 18 nitrogen and oxygen atoms in total. The van der Waals surface area contributed by atoms with Crippen molar-refractivity contribution in [1.82, 2.24) is 10.6 Å². The molecule has 0 aliphatic carbocycles. The van der Waals surface area contributed by atoms with Crippen molar-refractivity contribution in [2.45, 2.75) is 243 Å². The molecule has 0 aromatic heterocycles. The zero-order valence-electron chi connectivity index (χ0n) is 40.4. The highest BCUT2D eigenvalue weighted by Crippen LogP contribution is 2.18. The van der Waals surface area contributed by atoms with Gasteiger partial charge in [-0.2, -0.15) is 9.78 Å². The Bertz CT molecular complexity index is 1150. The lowest BCUT2D eigenvalue weighted by molar-refractivity contribution is -0.506. The summed E-state index contributed by atoms with van der Waals surface area (Å²) in [4.78, 5) is 57.9. The highest BCUT2D eigenvalue weighted by atomic mass is 17.5. The van der Waals surface area contributed by atoms with Crippen molar-refractivity contribution in [1.29, 1.82) is 0 Å². The van der Waals surface area contributed by atoms with Crippen molar-refractivity contribution in [3.05, 3.63) is 24.3 Å². The molecule has 0 spiro atoms. The minimum atomic E-state index is -0.848. The number of ether oxygens (including phenoxy) is 2. The molecule has 0 bridgehead atoms. The fourth-order valence-electron chi connectivity index (χ4n) is 7.16. The Hall–Kier alpha value is -3.04. The van der Waals surface area contributed by atoms with Crippen LogP contribution < -0.4 is 22.1 Å². The van der Waals surface area contributed by atoms with E-state index < -0.39 is 48.8 Å². The van der Waals surface area contributed by atoms with E-state index in [9.17, 15) is 29.4 Å². The van der Waals surface area contributed by atoms with Crippen LogP contribution in [-0.4, -0.2) is 94.4 Å². The number of unbranched alkanes of at least 4 members (excludes halogenated alkanes) is 14. The van der Waals surface area contributed by atoms with Crippen LogP contribution >= 0.6 is 0 Å². The summed E-state index contributed by atoms with van der Waals surface area (Å²) in [5, 5.41) is 50.9. The first-order valence-corrected chi connectivity index (χ1v) is 25.0. The number of amides is 2. The quantitative estimate of drug-likeness (QED) is 0.00716. The van der Waals surface area contributed by atoms with Crippen LogP contribution in [0.3, 0.4) is 0 Å². The van der Waals surface area contributed by atoms with Crippen LogP contribution in [0.15, 0.2) is 24.3 Å². The van der Waals surface area contributed by atoms with Crippen molar-refractivity contribution < 1.29 is 69.2 Å². The monoisotopic (exact) mass is 947 g/mol. The second-order valence-electron chi connectivity index (χ2n) is 17.1. The second-order valence-corrected chi connectivity index (χ2v) is 17.1. The highest BCUT2D eigenvalue weighted by molar-refractivity contribution is 5.77. The van der Waals surface area contributed by atoms with E-state index >= 15 is 0 Å². The Morgan fingerprint density at radius 2 is 0.864 bits per heavy atom. The van der Waals surface area contributed by atoms with Crippen LogP contribution in [0, 0.1) is 0 Å². The third-order valence-corrected chi connectivity index (χ3v) is 11.1. The number of rotatable bonds is 47. The first-order chi connectivity index (χ1) is 32.0. The van der Waals surface area contributed by atoms with E-state index in [2.05, 4.69) is 56.5 Å². The molecule has 0 aliphatic heterocycles. The zero-order chi connectivity index (χ0) is 48.9. The van der Waals surface area contributed by atoms with Gasteiger partial charge in [-0.3, -0.25) is 19.2 Å². The Morgan fingerprint density at radius 1 is 0.485 bits per heavy atom. The molecule has 0 radical (unpaired) electrons. The van der Waals surface area contributed by atoms with E-state index in [1.165, 1.54) is 0 Å². The zero-order valence-corrected chi connectivity index (χ0v) is 40.4. The van der Waals surface area contributed by atoms with Gasteiger partial charge in [-0.15, -0.1) is 0 Å². The van der Waals surface area contributed by atoms with Gasteiger partial charge in [0.25, 0.3) is 0 Å². The van der Waals surface area contributed by atoms with E-state index in [1.807, 2.05) is 12.2 Å². The predicted molar refractivity (Wildman–Crippen MR) is 251 cm³/mol. The molecule has 2 amide bonds. The molecular weight excluding hydrogens is 857 g/mol. The minimum absolute atomic E-state index is 0.00740. The Balaban J connectivity index is 3.99. The van der Waals surface area contributed by atoms with Crippen molar-refractivity contribution >= 4 is 23.8 Å². The lowest BCUT2D eigenvalue weighted by Crippen LogP contribution is -2.34. The molecule has 0 rings (SSSR count). The van der Waals surface area contributed by atoms with Gasteiger partial charge < -0.3 is 41.8 Å². The predicted octanol–water partition coefficient (Wildman–Crippen LogP) is 8.03. The number of hydrogen-bond donors (Lipinski definition) is 8. The van der Waals surface area contributed by atoms with E-state index in [0.29, 0.717) is 77.3 Å². The molecule has 6 atom stereocenters. The number of nitrogens with two attached hydrogens (primary N) is 2. The normalized spacial score (nSPS) is 14.5. The van der Waals surface area contributed by atoms with Crippen molar-refractivity contribution in [3.63, 3.8) is 0 Å². The Morgan fingerprint density at radius 3 is 1.24 bits per heavy atom. The molecule has 0 aromatic carbocycles. The van der Waals surface area contributed by atoms with Gasteiger partial charge in [0.1, 0.15) is 24.7 Å². The lowest BCUT2D eigenvalue weighted by Gasteiger charge is -2.22. The van der Waals surface area contributed by atoms with E-state index in [0.717, 1.165) is 116 Å². The molecule has 386 valence electrons. The van der Waals surface area contributed by atoms with E-state index in [4.69, 9.17) is 31.5 Å². The first kappa shape index (κ1) is 63.0. The van der Waals surface area contributed by atoms with E-state index in [-0.39, 0.29) is 24.7 Å². The number of carbonyl (C=O) groups is 4. The maximum atomic E-state index is 12.4. The maximum absolute atomic E-state index is 12.4. The van der Waals surface area contributed by atoms with Gasteiger partial charge in [0, 0.05) is 38.8 Å². The lowest BCUT2D eigenvalue weighted by atomic mass is 10.0. The SMILES string of the molecule is CCCCCC(OC(=O)CCCC(N)OOO)C(O)CC=CCCCCCCCC(=O)NCCNC(=O)CCCCCCCC=CCC(O)C(CCCCC)OC(=O)CCCC(N)OOO. The summed E-state index contributed by atoms with van der Waals surface area (Å²) in [6.07, 6.45) is 25.4. The van der Waals surface area contributed by atoms with Crippen LogP contribution in [0.2, 0.25) is 0 Å². The van der Waals surface area contributed by atoms with Crippen LogP contribution in [0.25, 0.3) is 0 Å². The fourth-order valence-corrected chi connectivity index (χ4v) is 7.16. The molecule has 18 heteroatoms. The largest absolute Gasteiger partial charge is 0.460 e. The van der Waals surface area contributed by atoms with Gasteiger partial charge >= 0.3 is 11.9 Å².